The van der Waals surface area contributed by atoms with E-state index in [4.69, 9.17) is 28.3 Å². The third-order valence-corrected chi connectivity index (χ3v) is 5.72. The second-order valence-electron chi connectivity index (χ2n) is 5.60. The summed E-state index contributed by atoms with van der Waals surface area (Å²) in [4.78, 5) is 15.1. The lowest BCUT2D eigenvalue weighted by atomic mass is 10.1. The Labute approximate surface area is 174 Å². The fraction of sp³-hybridized carbons (Fsp3) is 0.0526. The van der Waals surface area contributed by atoms with Crippen LogP contribution in [0.15, 0.2) is 58.3 Å². The van der Waals surface area contributed by atoms with Crippen LogP contribution in [0.5, 0.6) is 5.75 Å². The minimum atomic E-state index is -1.14. The Morgan fingerprint density at radius 3 is 2.54 bits per heavy atom. The van der Waals surface area contributed by atoms with Crippen LogP contribution in [-0.2, 0) is 4.79 Å². The molecule has 1 heterocycles. The lowest BCUT2D eigenvalue weighted by Crippen LogP contribution is -2.14. The first-order valence-electron chi connectivity index (χ1n) is 7.93. The van der Waals surface area contributed by atoms with E-state index in [9.17, 15) is 14.3 Å². The van der Waals surface area contributed by atoms with Crippen molar-refractivity contribution in [3.05, 3.63) is 64.5 Å². The number of carboxylic acid groups (broad SMARTS) is 1. The van der Waals surface area contributed by atoms with Gasteiger partial charge in [0.1, 0.15) is 23.1 Å². The third-order valence-electron chi connectivity index (χ3n) is 3.68. The second-order valence-corrected chi connectivity index (χ2v) is 7.44. The normalized spacial score (nSPS) is 10.7. The quantitative estimate of drug-likeness (QED) is 0.437. The van der Waals surface area contributed by atoms with Gasteiger partial charge in [-0.2, -0.15) is 9.37 Å². The summed E-state index contributed by atoms with van der Waals surface area (Å²) < 4.78 is 14.1. The van der Waals surface area contributed by atoms with E-state index in [1.165, 1.54) is 6.07 Å². The largest absolute Gasteiger partial charge is 0.507 e. The van der Waals surface area contributed by atoms with E-state index in [-0.39, 0.29) is 26.5 Å². The van der Waals surface area contributed by atoms with Crippen LogP contribution in [0.4, 0.5) is 10.2 Å². The highest BCUT2D eigenvalue weighted by molar-refractivity contribution is 7.99. The summed E-state index contributed by atoms with van der Waals surface area (Å²) in [5, 5.41) is 21.1. The first-order valence-corrected chi connectivity index (χ1v) is 9.50. The molecule has 0 aliphatic heterocycles. The number of anilines is 1. The number of aliphatic carboxylic acids is 1. The zero-order valence-electron chi connectivity index (χ0n) is 14.1. The van der Waals surface area contributed by atoms with Crippen molar-refractivity contribution in [3.8, 4) is 16.9 Å². The molecule has 0 fully saturated rings. The van der Waals surface area contributed by atoms with Crippen LogP contribution in [0.25, 0.3) is 11.1 Å². The van der Waals surface area contributed by atoms with Crippen molar-refractivity contribution >= 4 is 46.8 Å². The van der Waals surface area contributed by atoms with Crippen LogP contribution in [0.3, 0.4) is 0 Å². The molecule has 0 atom stereocenters. The molecule has 0 saturated heterocycles. The molecule has 5 nitrogen and oxygen atoms in total. The van der Waals surface area contributed by atoms with Gasteiger partial charge in [-0.3, -0.25) is 4.79 Å². The van der Waals surface area contributed by atoms with E-state index in [2.05, 4.69) is 10.3 Å². The Morgan fingerprint density at radius 2 is 1.86 bits per heavy atom. The van der Waals surface area contributed by atoms with Gasteiger partial charge in [0.15, 0.2) is 0 Å². The average molecular weight is 439 g/mol. The molecule has 1 aromatic heterocycles. The lowest BCUT2D eigenvalue weighted by molar-refractivity contribution is -0.134. The first kappa shape index (κ1) is 20.3. The molecule has 0 aliphatic rings. The van der Waals surface area contributed by atoms with Gasteiger partial charge in [0.2, 0.25) is 5.95 Å². The number of rotatable bonds is 6. The molecular weight excluding hydrogens is 426 g/mol. The molecule has 9 heteroatoms. The van der Waals surface area contributed by atoms with E-state index >= 15 is 0 Å². The van der Waals surface area contributed by atoms with Crippen molar-refractivity contribution in [2.45, 2.75) is 9.79 Å². The number of halogens is 3. The Hall–Kier alpha value is -2.48. The number of phenolic OH excluding ortho intramolecular Hbond substituents is 1. The number of nitrogens with one attached hydrogen (secondary N) is 1. The molecule has 0 spiro atoms. The zero-order valence-corrected chi connectivity index (χ0v) is 16.4. The van der Waals surface area contributed by atoms with Gasteiger partial charge in [0.25, 0.3) is 0 Å². The van der Waals surface area contributed by atoms with Crippen LogP contribution >= 0.6 is 35.0 Å². The van der Waals surface area contributed by atoms with Crippen molar-refractivity contribution in [1.82, 2.24) is 4.98 Å². The van der Waals surface area contributed by atoms with Gasteiger partial charge in [-0.25, -0.2) is 0 Å². The lowest BCUT2D eigenvalue weighted by Gasteiger charge is -2.13. The molecule has 2 aromatic carbocycles. The molecule has 3 aromatic rings. The summed E-state index contributed by atoms with van der Waals surface area (Å²) in [6, 6.07) is 14.2. The maximum atomic E-state index is 14.1. The number of carbonyl (C=O) groups is 1. The van der Waals surface area contributed by atoms with Crippen molar-refractivity contribution in [1.29, 1.82) is 0 Å². The van der Waals surface area contributed by atoms with Crippen molar-refractivity contribution in [3.63, 3.8) is 0 Å². The molecule has 3 N–H and O–H groups in total. The Bertz CT molecular complexity index is 1040. The minimum Gasteiger partial charge on any atom is -0.507 e. The summed E-state index contributed by atoms with van der Waals surface area (Å²) >= 11 is 13.4. The predicted octanol–water partition coefficient (Wildman–Crippen LogP) is 5.55. The third kappa shape index (κ3) is 4.49. The van der Waals surface area contributed by atoms with Crippen LogP contribution < -0.4 is 5.32 Å². The molecule has 144 valence electrons. The van der Waals surface area contributed by atoms with E-state index < -0.39 is 18.5 Å². The maximum Gasteiger partial charge on any atom is 0.322 e. The SMILES string of the molecule is O=C(O)CNc1nc(F)c(Cl)c(Sc2ccc(O)c(-c3ccccc3)c2)c1Cl. The highest BCUT2D eigenvalue weighted by Crippen LogP contribution is 2.44. The number of hydrogen-bond donors (Lipinski definition) is 3. The Morgan fingerprint density at radius 1 is 1.14 bits per heavy atom. The summed E-state index contributed by atoms with van der Waals surface area (Å²) in [6.45, 7) is -0.477. The maximum absolute atomic E-state index is 14.1. The first-order chi connectivity index (χ1) is 13.4. The van der Waals surface area contributed by atoms with Crippen molar-refractivity contribution < 1.29 is 19.4 Å². The topological polar surface area (TPSA) is 82.5 Å². The molecule has 0 saturated carbocycles. The van der Waals surface area contributed by atoms with E-state index in [1.54, 1.807) is 12.1 Å². The van der Waals surface area contributed by atoms with E-state index in [0.29, 0.717) is 10.5 Å². The number of hydrogen-bond acceptors (Lipinski definition) is 5. The standard InChI is InChI=1S/C19H13Cl2FN2O3S/c20-15-17(16(21)19(24-18(15)22)23-9-14(26)27)28-11-6-7-13(25)12(8-11)10-4-2-1-3-5-10/h1-8,25H,9H2,(H,23,24)(H,26,27). The van der Waals surface area contributed by atoms with Crippen LogP contribution in [0, 0.1) is 5.95 Å². The Balaban J connectivity index is 1.99. The summed E-state index contributed by atoms with van der Waals surface area (Å²) in [5.41, 5.74) is 1.40. The number of aromatic hydroxyl groups is 1. The predicted molar refractivity (Wildman–Crippen MR) is 108 cm³/mol. The number of nitrogens with zero attached hydrogens (tertiary/aromatic N) is 1. The van der Waals surface area contributed by atoms with Crippen molar-refractivity contribution in [2.24, 2.45) is 0 Å². The number of pyridine rings is 1. The fourth-order valence-electron chi connectivity index (χ4n) is 2.41. The number of carboxylic acids is 1. The molecule has 28 heavy (non-hydrogen) atoms. The molecule has 0 bridgehead atoms. The average Bonchev–Trinajstić information content (AvgIpc) is 2.68. The van der Waals surface area contributed by atoms with Gasteiger partial charge >= 0.3 is 5.97 Å². The van der Waals surface area contributed by atoms with Gasteiger partial charge in [0, 0.05) is 10.5 Å². The van der Waals surface area contributed by atoms with Gasteiger partial charge in [-0.1, -0.05) is 65.3 Å². The zero-order chi connectivity index (χ0) is 20.3. The fourth-order valence-corrected chi connectivity index (χ4v) is 3.93. The summed E-state index contributed by atoms with van der Waals surface area (Å²) in [7, 11) is 0. The molecular formula is C19H13Cl2FN2O3S. The molecule has 0 aliphatic carbocycles. The summed E-state index contributed by atoms with van der Waals surface area (Å²) in [5.74, 6) is -2.13. The van der Waals surface area contributed by atoms with Crippen LogP contribution in [0.1, 0.15) is 0 Å². The minimum absolute atomic E-state index is 0.00647. The van der Waals surface area contributed by atoms with E-state index in [1.807, 2.05) is 30.3 Å². The molecule has 3 rings (SSSR count). The summed E-state index contributed by atoms with van der Waals surface area (Å²) in [6.07, 6.45) is 0. The van der Waals surface area contributed by atoms with Gasteiger partial charge in [-0.05, 0) is 23.8 Å². The van der Waals surface area contributed by atoms with Crippen LogP contribution in [-0.4, -0.2) is 27.7 Å². The smallest absolute Gasteiger partial charge is 0.322 e. The van der Waals surface area contributed by atoms with Crippen molar-refractivity contribution in [2.75, 3.05) is 11.9 Å². The van der Waals surface area contributed by atoms with Gasteiger partial charge < -0.3 is 15.5 Å². The number of benzene rings is 2. The monoisotopic (exact) mass is 438 g/mol. The second kappa shape index (κ2) is 8.68. The molecule has 0 radical (unpaired) electrons. The number of phenols is 1. The number of aromatic nitrogens is 1. The van der Waals surface area contributed by atoms with Crippen LogP contribution in [0.2, 0.25) is 10.0 Å². The Kier molecular flexibility index (Phi) is 6.28. The highest BCUT2D eigenvalue weighted by Gasteiger charge is 2.20. The highest BCUT2D eigenvalue weighted by atomic mass is 35.5. The van der Waals surface area contributed by atoms with Gasteiger partial charge in [0.05, 0.1) is 9.92 Å². The van der Waals surface area contributed by atoms with E-state index in [0.717, 1.165) is 17.3 Å². The molecule has 0 amide bonds. The van der Waals surface area contributed by atoms with Gasteiger partial charge in [-0.15, -0.1) is 0 Å². The molecule has 0 unspecified atom stereocenters.